The second kappa shape index (κ2) is 9.11. The molecule has 0 bridgehead atoms. The van der Waals surface area contributed by atoms with Gasteiger partial charge in [-0.15, -0.1) is 0 Å². The summed E-state index contributed by atoms with van der Waals surface area (Å²) in [7, 11) is 0. The first-order valence-corrected chi connectivity index (χ1v) is 8.94. The Morgan fingerprint density at radius 2 is 1.31 bits per heavy atom. The van der Waals surface area contributed by atoms with Crippen molar-refractivity contribution in [3.63, 3.8) is 0 Å². The summed E-state index contributed by atoms with van der Waals surface area (Å²) in [6, 6.07) is 22.2. The summed E-state index contributed by atoms with van der Waals surface area (Å²) in [4.78, 5) is 11.6. The van der Waals surface area contributed by atoms with Gasteiger partial charge in [-0.3, -0.25) is 14.9 Å². The molecule has 0 aliphatic heterocycles. The number of benzene rings is 1. The normalized spacial score (nSPS) is 10.9. The van der Waals surface area contributed by atoms with E-state index in [1.165, 1.54) is 0 Å². The lowest BCUT2D eigenvalue weighted by Crippen LogP contribution is -2.28. The van der Waals surface area contributed by atoms with Crippen LogP contribution >= 0.6 is 0 Å². The van der Waals surface area contributed by atoms with Gasteiger partial charge in [0.05, 0.1) is 11.4 Å². The van der Waals surface area contributed by atoms with Crippen molar-refractivity contribution in [1.82, 2.24) is 14.9 Å². The summed E-state index contributed by atoms with van der Waals surface area (Å²) in [6.07, 6.45) is 0. The van der Waals surface area contributed by atoms with Crippen molar-refractivity contribution in [3.8, 4) is 5.75 Å². The van der Waals surface area contributed by atoms with Gasteiger partial charge in [-0.25, -0.2) is 0 Å². The Morgan fingerprint density at radius 1 is 0.731 bits per heavy atom. The highest BCUT2D eigenvalue weighted by atomic mass is 16.5. The number of aryl methyl sites for hydroxylation is 2. The van der Waals surface area contributed by atoms with Crippen LogP contribution in [0.2, 0.25) is 0 Å². The van der Waals surface area contributed by atoms with E-state index in [1.807, 2.05) is 56.3 Å². The van der Waals surface area contributed by atoms with Crippen molar-refractivity contribution in [3.05, 3.63) is 89.5 Å². The molecule has 0 unspecified atom stereocenters. The van der Waals surface area contributed by atoms with Crippen molar-refractivity contribution in [2.75, 3.05) is 13.2 Å². The van der Waals surface area contributed by atoms with Gasteiger partial charge >= 0.3 is 0 Å². The minimum Gasteiger partial charge on any atom is -0.492 e. The maximum Gasteiger partial charge on any atom is 0.119 e. The van der Waals surface area contributed by atoms with Crippen LogP contribution in [-0.2, 0) is 13.1 Å². The van der Waals surface area contributed by atoms with Gasteiger partial charge in [0.1, 0.15) is 12.4 Å². The number of rotatable bonds is 8. The fourth-order valence-corrected chi connectivity index (χ4v) is 2.86. The predicted octanol–water partition coefficient (Wildman–Crippen LogP) is 4.17. The van der Waals surface area contributed by atoms with Gasteiger partial charge in [0.2, 0.25) is 0 Å². The Bertz CT molecular complexity index is 773. The lowest BCUT2D eigenvalue weighted by molar-refractivity contribution is 0.193. The van der Waals surface area contributed by atoms with E-state index in [9.17, 15) is 0 Å². The summed E-state index contributed by atoms with van der Waals surface area (Å²) >= 11 is 0. The predicted molar refractivity (Wildman–Crippen MR) is 104 cm³/mol. The van der Waals surface area contributed by atoms with Crippen LogP contribution in [0.5, 0.6) is 5.75 Å². The Kier molecular flexibility index (Phi) is 6.34. The Labute approximate surface area is 155 Å². The van der Waals surface area contributed by atoms with Crippen LogP contribution in [0.25, 0.3) is 0 Å². The fourth-order valence-electron chi connectivity index (χ4n) is 2.86. The molecule has 4 nitrogen and oxygen atoms in total. The number of ether oxygens (including phenoxy) is 1. The summed E-state index contributed by atoms with van der Waals surface area (Å²) in [5.74, 6) is 0.898. The van der Waals surface area contributed by atoms with Gasteiger partial charge in [0, 0.05) is 31.0 Å². The molecule has 2 heterocycles. The van der Waals surface area contributed by atoms with Gasteiger partial charge in [0.25, 0.3) is 0 Å². The molecule has 0 aliphatic carbocycles. The van der Waals surface area contributed by atoms with Crippen LogP contribution in [0.4, 0.5) is 0 Å². The quantitative estimate of drug-likeness (QED) is 0.613. The zero-order valence-electron chi connectivity index (χ0n) is 15.4. The van der Waals surface area contributed by atoms with Crippen LogP contribution in [0.1, 0.15) is 22.8 Å². The van der Waals surface area contributed by atoms with Crippen molar-refractivity contribution in [1.29, 1.82) is 0 Å². The molecule has 0 N–H and O–H groups in total. The van der Waals surface area contributed by atoms with Crippen molar-refractivity contribution in [2.45, 2.75) is 26.9 Å². The van der Waals surface area contributed by atoms with Crippen LogP contribution in [0.15, 0.2) is 66.7 Å². The maximum absolute atomic E-state index is 5.88. The monoisotopic (exact) mass is 347 g/mol. The average molecular weight is 347 g/mol. The number of hydrogen-bond acceptors (Lipinski definition) is 4. The zero-order chi connectivity index (χ0) is 18.2. The smallest absolute Gasteiger partial charge is 0.119 e. The molecule has 3 aromatic rings. The number of para-hydroxylation sites is 1. The molecule has 0 atom stereocenters. The van der Waals surface area contributed by atoms with Gasteiger partial charge in [-0.1, -0.05) is 30.3 Å². The third-order valence-electron chi connectivity index (χ3n) is 4.08. The molecule has 0 amide bonds. The minimum absolute atomic E-state index is 0.627. The number of nitrogens with zero attached hydrogens (tertiary/aromatic N) is 3. The first-order chi connectivity index (χ1) is 12.7. The highest BCUT2D eigenvalue weighted by molar-refractivity contribution is 5.20. The highest BCUT2D eigenvalue weighted by Crippen LogP contribution is 2.11. The number of aromatic nitrogens is 2. The molecule has 0 aliphatic rings. The van der Waals surface area contributed by atoms with Gasteiger partial charge in [-0.2, -0.15) is 0 Å². The van der Waals surface area contributed by atoms with E-state index in [1.54, 1.807) is 0 Å². The molecular weight excluding hydrogens is 322 g/mol. The Morgan fingerprint density at radius 3 is 1.85 bits per heavy atom. The molecule has 0 radical (unpaired) electrons. The van der Waals surface area contributed by atoms with E-state index >= 15 is 0 Å². The van der Waals surface area contributed by atoms with E-state index in [0.717, 1.165) is 48.2 Å². The molecule has 2 aromatic heterocycles. The van der Waals surface area contributed by atoms with Crippen molar-refractivity contribution < 1.29 is 4.74 Å². The summed E-state index contributed by atoms with van der Waals surface area (Å²) < 4.78 is 5.88. The first-order valence-electron chi connectivity index (χ1n) is 8.94. The molecule has 0 saturated heterocycles. The van der Waals surface area contributed by atoms with E-state index < -0.39 is 0 Å². The molecule has 1 aromatic carbocycles. The van der Waals surface area contributed by atoms with Crippen LogP contribution in [-0.4, -0.2) is 28.0 Å². The summed E-state index contributed by atoms with van der Waals surface area (Å²) in [5.41, 5.74) is 4.21. The topological polar surface area (TPSA) is 38.2 Å². The third-order valence-corrected chi connectivity index (χ3v) is 4.08. The lowest BCUT2D eigenvalue weighted by Gasteiger charge is -2.22. The zero-order valence-corrected chi connectivity index (χ0v) is 15.4. The largest absolute Gasteiger partial charge is 0.492 e. The summed E-state index contributed by atoms with van der Waals surface area (Å²) in [6.45, 7) is 7.02. The van der Waals surface area contributed by atoms with Gasteiger partial charge < -0.3 is 4.74 Å². The molecule has 4 heteroatoms. The average Bonchev–Trinajstić information content (AvgIpc) is 2.62. The highest BCUT2D eigenvalue weighted by Gasteiger charge is 2.10. The Hall–Kier alpha value is -2.72. The van der Waals surface area contributed by atoms with Crippen molar-refractivity contribution in [2.24, 2.45) is 0 Å². The van der Waals surface area contributed by atoms with E-state index in [2.05, 4.69) is 39.1 Å². The Balaban J connectivity index is 1.66. The number of pyridine rings is 2. The molecule has 0 spiro atoms. The van der Waals surface area contributed by atoms with Crippen LogP contribution in [0.3, 0.4) is 0 Å². The van der Waals surface area contributed by atoms with Crippen molar-refractivity contribution >= 4 is 0 Å². The van der Waals surface area contributed by atoms with Gasteiger partial charge in [0.15, 0.2) is 0 Å². The molecule has 134 valence electrons. The van der Waals surface area contributed by atoms with E-state index in [4.69, 9.17) is 4.74 Å². The number of hydrogen-bond donors (Lipinski definition) is 0. The van der Waals surface area contributed by atoms with Crippen LogP contribution < -0.4 is 4.74 Å². The second-order valence-electron chi connectivity index (χ2n) is 6.41. The molecular formula is C22H25N3O. The summed E-state index contributed by atoms with van der Waals surface area (Å²) in [5, 5.41) is 0. The molecule has 0 fully saturated rings. The van der Waals surface area contributed by atoms with E-state index in [0.29, 0.717) is 6.61 Å². The molecule has 26 heavy (non-hydrogen) atoms. The van der Waals surface area contributed by atoms with Crippen LogP contribution in [0, 0.1) is 13.8 Å². The van der Waals surface area contributed by atoms with Gasteiger partial charge in [-0.05, 0) is 50.2 Å². The molecule has 3 rings (SSSR count). The second-order valence-corrected chi connectivity index (χ2v) is 6.41. The first kappa shape index (κ1) is 18.1. The lowest BCUT2D eigenvalue weighted by atomic mass is 10.2. The molecule has 0 saturated carbocycles. The maximum atomic E-state index is 5.88. The standard InChI is InChI=1S/C22H25N3O/c1-18-8-6-10-20(23-18)16-25(17-21-11-7-9-19(2)24-21)14-15-26-22-12-4-3-5-13-22/h3-13H,14-17H2,1-2H3. The van der Waals surface area contributed by atoms with E-state index in [-0.39, 0.29) is 0 Å². The fraction of sp³-hybridized carbons (Fsp3) is 0.273. The minimum atomic E-state index is 0.627. The SMILES string of the molecule is Cc1cccc(CN(CCOc2ccccc2)Cc2cccc(C)n2)n1. The third kappa shape index (κ3) is 5.67.